The van der Waals surface area contributed by atoms with Crippen LogP contribution in [0.2, 0.25) is 0 Å². The summed E-state index contributed by atoms with van der Waals surface area (Å²) in [5.41, 5.74) is 1.41. The van der Waals surface area contributed by atoms with Gasteiger partial charge in [-0.25, -0.2) is 0 Å². The zero-order chi connectivity index (χ0) is 18.5. The molecule has 27 heavy (non-hydrogen) atoms. The molecule has 3 aliphatic rings. The molecule has 0 N–H and O–H groups in total. The van der Waals surface area contributed by atoms with Crippen molar-refractivity contribution >= 4 is 5.97 Å². The Hall–Kier alpha value is -1.43. The van der Waals surface area contributed by atoms with Gasteiger partial charge in [-0.15, -0.1) is 0 Å². The summed E-state index contributed by atoms with van der Waals surface area (Å²) in [4.78, 5) is 17.3. The first-order valence-electron chi connectivity index (χ1n) is 10.6. The van der Waals surface area contributed by atoms with Crippen molar-refractivity contribution < 1.29 is 14.3 Å². The Kier molecular flexibility index (Phi) is 6.43. The second kappa shape index (κ2) is 9.18. The molecule has 2 bridgehead atoms. The largest absolute Gasteiger partial charge is 0.462 e. The SMILES string of the molecule is O=C(CCN1CCOCC1)OC1C[C@H]2CC[C@H](C1)N2CCc1ccccc1. The fourth-order valence-corrected chi connectivity index (χ4v) is 4.91. The van der Waals surface area contributed by atoms with Gasteiger partial charge in [0.15, 0.2) is 0 Å². The van der Waals surface area contributed by atoms with E-state index in [2.05, 4.69) is 40.1 Å². The molecule has 1 aromatic carbocycles. The third-order valence-electron chi connectivity index (χ3n) is 6.38. The highest BCUT2D eigenvalue weighted by Crippen LogP contribution is 2.37. The summed E-state index contributed by atoms with van der Waals surface area (Å²) < 4.78 is 11.2. The first kappa shape index (κ1) is 18.9. The molecular weight excluding hydrogens is 340 g/mol. The van der Waals surface area contributed by atoms with E-state index in [-0.39, 0.29) is 12.1 Å². The Bertz CT molecular complexity index is 589. The number of morpholine rings is 1. The number of benzene rings is 1. The molecule has 0 amide bonds. The minimum absolute atomic E-state index is 0.0244. The number of piperidine rings is 1. The lowest BCUT2D eigenvalue weighted by atomic mass is 9.98. The molecule has 0 aromatic heterocycles. The number of carbonyl (C=O) groups is 1. The van der Waals surface area contributed by atoms with Crippen molar-refractivity contribution in [2.24, 2.45) is 0 Å². The van der Waals surface area contributed by atoms with Crippen LogP contribution in [-0.4, -0.2) is 73.3 Å². The summed E-state index contributed by atoms with van der Waals surface area (Å²) in [5, 5.41) is 0. The maximum Gasteiger partial charge on any atom is 0.307 e. The van der Waals surface area contributed by atoms with Crippen LogP contribution in [0.1, 0.15) is 37.7 Å². The fraction of sp³-hybridized carbons (Fsp3) is 0.682. The predicted molar refractivity (Wildman–Crippen MR) is 105 cm³/mol. The number of esters is 1. The summed E-state index contributed by atoms with van der Waals surface area (Å²) in [7, 11) is 0. The summed E-state index contributed by atoms with van der Waals surface area (Å²) in [5.74, 6) is -0.0244. The average Bonchev–Trinajstić information content (AvgIpc) is 2.95. The molecule has 0 unspecified atom stereocenters. The van der Waals surface area contributed by atoms with Crippen LogP contribution in [0, 0.1) is 0 Å². The van der Waals surface area contributed by atoms with E-state index in [9.17, 15) is 4.79 Å². The molecule has 3 heterocycles. The lowest BCUT2D eigenvalue weighted by Crippen LogP contribution is -2.46. The average molecular weight is 373 g/mol. The lowest BCUT2D eigenvalue weighted by Gasteiger charge is -2.38. The van der Waals surface area contributed by atoms with Crippen LogP contribution in [-0.2, 0) is 20.7 Å². The Morgan fingerprint density at radius 3 is 2.44 bits per heavy atom. The highest BCUT2D eigenvalue weighted by atomic mass is 16.5. The molecule has 2 atom stereocenters. The Balaban J connectivity index is 1.20. The standard InChI is InChI=1S/C22H32N2O3/c25-22(9-10-23-12-14-26-15-13-23)27-21-16-19-6-7-20(17-21)24(19)11-8-18-4-2-1-3-5-18/h1-5,19-21H,6-17H2/t19-,20-/m1/s1. The van der Waals surface area contributed by atoms with Crippen LogP contribution in [0.5, 0.6) is 0 Å². The fourth-order valence-electron chi connectivity index (χ4n) is 4.91. The summed E-state index contributed by atoms with van der Waals surface area (Å²) in [6.07, 6.45) is 6.25. The van der Waals surface area contributed by atoms with E-state index in [0.717, 1.165) is 58.7 Å². The number of nitrogens with zero attached hydrogens (tertiary/aromatic N) is 2. The number of carbonyl (C=O) groups excluding carboxylic acids is 1. The van der Waals surface area contributed by atoms with E-state index in [1.165, 1.54) is 18.4 Å². The summed E-state index contributed by atoms with van der Waals surface area (Å²) >= 11 is 0. The minimum Gasteiger partial charge on any atom is -0.462 e. The second-order valence-corrected chi connectivity index (χ2v) is 8.15. The molecular formula is C22H32N2O3. The van der Waals surface area contributed by atoms with E-state index in [0.29, 0.717) is 18.5 Å². The van der Waals surface area contributed by atoms with Crippen molar-refractivity contribution in [2.75, 3.05) is 39.4 Å². The van der Waals surface area contributed by atoms with Crippen LogP contribution in [0.25, 0.3) is 0 Å². The molecule has 5 nitrogen and oxygen atoms in total. The van der Waals surface area contributed by atoms with Crippen molar-refractivity contribution in [3.63, 3.8) is 0 Å². The molecule has 3 fully saturated rings. The molecule has 3 aliphatic heterocycles. The van der Waals surface area contributed by atoms with E-state index >= 15 is 0 Å². The second-order valence-electron chi connectivity index (χ2n) is 8.15. The van der Waals surface area contributed by atoms with Crippen molar-refractivity contribution in [2.45, 2.75) is 56.7 Å². The molecule has 148 valence electrons. The van der Waals surface area contributed by atoms with Crippen LogP contribution in [0.3, 0.4) is 0 Å². The van der Waals surface area contributed by atoms with Crippen molar-refractivity contribution in [1.82, 2.24) is 9.80 Å². The predicted octanol–water partition coefficient (Wildman–Crippen LogP) is 2.49. The normalized spacial score (nSPS) is 29.0. The molecule has 5 heteroatoms. The summed E-state index contributed by atoms with van der Waals surface area (Å²) in [6.45, 7) is 5.33. The van der Waals surface area contributed by atoms with Gasteiger partial charge in [-0.1, -0.05) is 30.3 Å². The Morgan fingerprint density at radius 2 is 1.74 bits per heavy atom. The molecule has 3 saturated heterocycles. The minimum atomic E-state index is -0.0244. The van der Waals surface area contributed by atoms with Gasteiger partial charge in [-0.3, -0.25) is 14.6 Å². The lowest BCUT2D eigenvalue weighted by molar-refractivity contribution is -0.153. The molecule has 0 spiro atoms. The number of hydrogen-bond acceptors (Lipinski definition) is 5. The van der Waals surface area contributed by atoms with Gasteiger partial charge in [-0.2, -0.15) is 0 Å². The van der Waals surface area contributed by atoms with Gasteiger partial charge in [0, 0.05) is 51.1 Å². The van der Waals surface area contributed by atoms with Crippen LogP contribution in [0.4, 0.5) is 0 Å². The number of hydrogen-bond donors (Lipinski definition) is 0. The van der Waals surface area contributed by atoms with Gasteiger partial charge in [0.2, 0.25) is 0 Å². The van der Waals surface area contributed by atoms with Gasteiger partial charge in [0.05, 0.1) is 19.6 Å². The number of rotatable bonds is 7. The smallest absolute Gasteiger partial charge is 0.307 e. The molecule has 0 radical (unpaired) electrons. The van der Waals surface area contributed by atoms with Gasteiger partial charge in [0.25, 0.3) is 0 Å². The van der Waals surface area contributed by atoms with Gasteiger partial charge < -0.3 is 9.47 Å². The highest BCUT2D eigenvalue weighted by Gasteiger charge is 2.41. The topological polar surface area (TPSA) is 42.0 Å². The van der Waals surface area contributed by atoms with Crippen molar-refractivity contribution in [3.05, 3.63) is 35.9 Å². The van der Waals surface area contributed by atoms with Crippen molar-refractivity contribution in [1.29, 1.82) is 0 Å². The third-order valence-corrected chi connectivity index (χ3v) is 6.38. The highest BCUT2D eigenvalue weighted by molar-refractivity contribution is 5.69. The molecule has 0 aliphatic carbocycles. The van der Waals surface area contributed by atoms with E-state index in [4.69, 9.17) is 9.47 Å². The molecule has 4 rings (SSSR count). The maximum atomic E-state index is 12.3. The Labute approximate surface area is 162 Å². The van der Waals surface area contributed by atoms with Gasteiger partial charge in [-0.05, 0) is 24.8 Å². The molecule has 0 saturated carbocycles. The third kappa shape index (κ3) is 5.09. The Morgan fingerprint density at radius 1 is 1.04 bits per heavy atom. The monoisotopic (exact) mass is 372 g/mol. The van der Waals surface area contributed by atoms with Crippen LogP contribution >= 0.6 is 0 Å². The van der Waals surface area contributed by atoms with Gasteiger partial charge >= 0.3 is 5.97 Å². The van der Waals surface area contributed by atoms with Crippen LogP contribution in [0.15, 0.2) is 30.3 Å². The van der Waals surface area contributed by atoms with Crippen molar-refractivity contribution in [3.8, 4) is 0 Å². The summed E-state index contributed by atoms with van der Waals surface area (Å²) in [6, 6.07) is 11.9. The number of fused-ring (bicyclic) bond motifs is 2. The van der Waals surface area contributed by atoms with E-state index < -0.39 is 0 Å². The van der Waals surface area contributed by atoms with E-state index in [1.54, 1.807) is 0 Å². The first-order valence-corrected chi connectivity index (χ1v) is 10.6. The van der Waals surface area contributed by atoms with Gasteiger partial charge in [0.1, 0.15) is 6.10 Å². The zero-order valence-electron chi connectivity index (χ0n) is 16.2. The zero-order valence-corrected chi connectivity index (χ0v) is 16.2. The number of ether oxygens (including phenoxy) is 2. The quantitative estimate of drug-likeness (QED) is 0.688. The first-order chi connectivity index (χ1) is 13.3. The molecule has 1 aromatic rings. The van der Waals surface area contributed by atoms with Crippen LogP contribution < -0.4 is 0 Å². The maximum absolute atomic E-state index is 12.3. The van der Waals surface area contributed by atoms with E-state index in [1.807, 2.05) is 0 Å².